The zero-order chi connectivity index (χ0) is 16.2. The number of imidazole rings is 1. The normalized spacial score (nSPS) is 21.2. The summed E-state index contributed by atoms with van der Waals surface area (Å²) < 4.78 is 1.92. The summed E-state index contributed by atoms with van der Waals surface area (Å²) in [6, 6.07) is 10.6. The maximum Gasteiger partial charge on any atom is 0.317 e. The Hall–Kier alpha value is -2.30. The summed E-state index contributed by atoms with van der Waals surface area (Å²) >= 11 is 0. The van der Waals surface area contributed by atoms with Gasteiger partial charge in [0.25, 0.3) is 0 Å². The number of benzene rings is 1. The number of piperidine rings is 1. The molecule has 5 nitrogen and oxygen atoms in total. The van der Waals surface area contributed by atoms with Crippen LogP contribution in [-0.4, -0.2) is 33.6 Å². The van der Waals surface area contributed by atoms with Gasteiger partial charge in [-0.1, -0.05) is 37.3 Å². The summed E-state index contributed by atoms with van der Waals surface area (Å²) in [5.74, 6) is 1.87. The van der Waals surface area contributed by atoms with Crippen LogP contribution in [0.2, 0.25) is 0 Å². The number of aryl methyl sites for hydroxylation is 1. The van der Waals surface area contributed by atoms with Crippen LogP contribution in [0.3, 0.4) is 0 Å². The average Bonchev–Trinajstić information content (AvgIpc) is 2.98. The molecule has 0 unspecified atom stereocenters. The highest BCUT2D eigenvalue weighted by Crippen LogP contribution is 2.32. The van der Waals surface area contributed by atoms with Crippen molar-refractivity contribution in [2.45, 2.75) is 25.8 Å². The summed E-state index contributed by atoms with van der Waals surface area (Å²) in [6.07, 6.45) is 4.64. The fourth-order valence-electron chi connectivity index (χ4n) is 3.36. The summed E-state index contributed by atoms with van der Waals surface area (Å²) in [4.78, 5) is 18.5. The summed E-state index contributed by atoms with van der Waals surface area (Å²) in [7, 11) is 1.93. The van der Waals surface area contributed by atoms with Crippen LogP contribution in [0.4, 0.5) is 4.79 Å². The Morgan fingerprint density at radius 3 is 2.78 bits per heavy atom. The fraction of sp³-hybridized carbons (Fsp3) is 0.444. The molecule has 0 bridgehead atoms. The second kappa shape index (κ2) is 6.86. The van der Waals surface area contributed by atoms with Gasteiger partial charge in [-0.2, -0.15) is 0 Å². The third-order valence-corrected chi connectivity index (χ3v) is 4.74. The van der Waals surface area contributed by atoms with E-state index in [9.17, 15) is 4.79 Å². The maximum atomic E-state index is 12.4. The molecule has 2 atom stereocenters. The SMILES string of the molecule is C[C@H]1CN(C(=O)NCc2nccn2C)CC[C@H]1c1ccccc1. The Bertz CT molecular complexity index is 652. The molecule has 0 spiro atoms. The number of amides is 2. The standard InChI is InChI=1S/C18H24N4O/c1-14-13-22(10-8-16(14)15-6-4-3-5-7-15)18(23)20-12-17-19-9-11-21(17)2/h3-7,9,11,14,16H,8,10,12-13H2,1-2H3,(H,20,23)/t14-,16+/m0/s1. The Morgan fingerprint density at radius 1 is 1.35 bits per heavy atom. The minimum absolute atomic E-state index is 0.00589. The lowest BCUT2D eigenvalue weighted by Crippen LogP contribution is -2.46. The number of nitrogens with zero attached hydrogens (tertiary/aromatic N) is 3. The lowest BCUT2D eigenvalue weighted by atomic mass is 9.82. The zero-order valence-corrected chi connectivity index (χ0v) is 13.8. The van der Waals surface area contributed by atoms with Crippen LogP contribution in [0.5, 0.6) is 0 Å². The quantitative estimate of drug-likeness (QED) is 0.947. The van der Waals surface area contributed by atoms with E-state index in [1.165, 1.54) is 5.56 Å². The predicted octanol–water partition coefficient (Wildman–Crippen LogP) is 2.76. The van der Waals surface area contributed by atoms with Crippen LogP contribution in [0.1, 0.15) is 30.7 Å². The van der Waals surface area contributed by atoms with Gasteiger partial charge in [0.15, 0.2) is 0 Å². The lowest BCUT2D eigenvalue weighted by molar-refractivity contribution is 0.159. The Morgan fingerprint density at radius 2 is 2.13 bits per heavy atom. The number of hydrogen-bond donors (Lipinski definition) is 1. The average molecular weight is 312 g/mol. The van der Waals surface area contributed by atoms with Gasteiger partial charge in [-0.25, -0.2) is 9.78 Å². The second-order valence-electron chi connectivity index (χ2n) is 6.34. The van der Waals surface area contributed by atoms with E-state index in [2.05, 4.69) is 41.5 Å². The van der Waals surface area contributed by atoms with E-state index in [0.29, 0.717) is 18.4 Å². The van der Waals surface area contributed by atoms with Crippen molar-refractivity contribution in [2.24, 2.45) is 13.0 Å². The molecule has 0 radical (unpaired) electrons. The van der Waals surface area contributed by atoms with Crippen LogP contribution in [0, 0.1) is 5.92 Å². The van der Waals surface area contributed by atoms with Crippen LogP contribution in [-0.2, 0) is 13.6 Å². The fourth-order valence-corrected chi connectivity index (χ4v) is 3.36. The summed E-state index contributed by atoms with van der Waals surface area (Å²) in [6.45, 7) is 4.30. The number of carbonyl (C=O) groups is 1. The molecule has 1 saturated heterocycles. The monoisotopic (exact) mass is 312 g/mol. The maximum absolute atomic E-state index is 12.4. The van der Waals surface area contributed by atoms with E-state index in [4.69, 9.17) is 0 Å². The highest BCUT2D eigenvalue weighted by Gasteiger charge is 2.29. The number of urea groups is 1. The third kappa shape index (κ3) is 3.55. The molecule has 1 aromatic carbocycles. The molecule has 1 aromatic heterocycles. The first-order valence-corrected chi connectivity index (χ1v) is 8.19. The van der Waals surface area contributed by atoms with E-state index in [1.807, 2.05) is 28.8 Å². The molecule has 1 aliphatic rings. The van der Waals surface area contributed by atoms with E-state index in [-0.39, 0.29) is 6.03 Å². The van der Waals surface area contributed by atoms with Gasteiger partial charge in [0, 0.05) is 32.5 Å². The van der Waals surface area contributed by atoms with Crippen molar-refractivity contribution in [1.29, 1.82) is 0 Å². The minimum atomic E-state index is 0.00589. The molecule has 23 heavy (non-hydrogen) atoms. The van der Waals surface area contributed by atoms with Gasteiger partial charge in [-0.05, 0) is 23.8 Å². The van der Waals surface area contributed by atoms with Gasteiger partial charge in [0.1, 0.15) is 5.82 Å². The second-order valence-corrected chi connectivity index (χ2v) is 6.34. The first-order chi connectivity index (χ1) is 11.1. The largest absolute Gasteiger partial charge is 0.337 e. The molecule has 122 valence electrons. The number of likely N-dealkylation sites (tertiary alicyclic amines) is 1. The molecule has 1 fully saturated rings. The number of nitrogens with one attached hydrogen (secondary N) is 1. The van der Waals surface area contributed by atoms with Crippen LogP contribution < -0.4 is 5.32 Å². The topological polar surface area (TPSA) is 50.2 Å². The number of hydrogen-bond acceptors (Lipinski definition) is 2. The predicted molar refractivity (Wildman–Crippen MR) is 90.0 cm³/mol. The summed E-state index contributed by atoms with van der Waals surface area (Å²) in [5, 5.41) is 2.97. The molecule has 2 heterocycles. The zero-order valence-electron chi connectivity index (χ0n) is 13.8. The van der Waals surface area contributed by atoms with Gasteiger partial charge in [0.2, 0.25) is 0 Å². The van der Waals surface area contributed by atoms with Crippen molar-refractivity contribution < 1.29 is 4.79 Å². The smallest absolute Gasteiger partial charge is 0.317 e. The van der Waals surface area contributed by atoms with E-state index >= 15 is 0 Å². The highest BCUT2D eigenvalue weighted by molar-refractivity contribution is 5.74. The van der Waals surface area contributed by atoms with E-state index < -0.39 is 0 Å². The van der Waals surface area contributed by atoms with Crippen molar-refractivity contribution in [1.82, 2.24) is 19.8 Å². The molecule has 0 saturated carbocycles. The lowest BCUT2D eigenvalue weighted by Gasteiger charge is -2.37. The molecule has 0 aliphatic carbocycles. The minimum Gasteiger partial charge on any atom is -0.337 e. The van der Waals surface area contributed by atoms with Crippen molar-refractivity contribution in [3.05, 3.63) is 54.1 Å². The van der Waals surface area contributed by atoms with Crippen LogP contribution >= 0.6 is 0 Å². The van der Waals surface area contributed by atoms with Crippen molar-refractivity contribution >= 4 is 6.03 Å². The van der Waals surface area contributed by atoms with Crippen molar-refractivity contribution in [3.8, 4) is 0 Å². The number of carbonyl (C=O) groups excluding carboxylic acids is 1. The molecule has 2 amide bonds. The van der Waals surface area contributed by atoms with Gasteiger partial charge in [0.05, 0.1) is 6.54 Å². The molecule has 5 heteroatoms. The number of rotatable bonds is 3. The van der Waals surface area contributed by atoms with E-state index in [0.717, 1.165) is 25.3 Å². The van der Waals surface area contributed by atoms with Crippen LogP contribution in [0.15, 0.2) is 42.7 Å². The third-order valence-electron chi connectivity index (χ3n) is 4.74. The summed E-state index contributed by atoms with van der Waals surface area (Å²) in [5.41, 5.74) is 1.38. The first kappa shape index (κ1) is 15.6. The molecule has 1 N–H and O–H groups in total. The Labute approximate surface area is 137 Å². The number of aromatic nitrogens is 2. The molecule has 2 aromatic rings. The van der Waals surface area contributed by atoms with E-state index in [1.54, 1.807) is 6.20 Å². The van der Waals surface area contributed by atoms with Gasteiger partial charge >= 0.3 is 6.03 Å². The molecule has 1 aliphatic heterocycles. The molecule has 3 rings (SSSR count). The van der Waals surface area contributed by atoms with Crippen molar-refractivity contribution in [2.75, 3.05) is 13.1 Å². The van der Waals surface area contributed by atoms with Gasteiger partial charge < -0.3 is 14.8 Å². The molecular formula is C18H24N4O. The highest BCUT2D eigenvalue weighted by atomic mass is 16.2. The van der Waals surface area contributed by atoms with Gasteiger partial charge in [-0.3, -0.25) is 0 Å². The van der Waals surface area contributed by atoms with Gasteiger partial charge in [-0.15, -0.1) is 0 Å². The Kier molecular flexibility index (Phi) is 4.65. The Balaban J connectivity index is 1.55. The van der Waals surface area contributed by atoms with Crippen LogP contribution in [0.25, 0.3) is 0 Å². The van der Waals surface area contributed by atoms with Crippen molar-refractivity contribution in [3.63, 3.8) is 0 Å². The first-order valence-electron chi connectivity index (χ1n) is 8.19. The molecular weight excluding hydrogens is 288 g/mol.